The minimum absolute atomic E-state index is 0.0725. The number of rotatable bonds is 6. The van der Waals surface area contributed by atoms with Gasteiger partial charge in [0.05, 0.1) is 7.11 Å². The molecule has 0 aromatic heterocycles. The summed E-state index contributed by atoms with van der Waals surface area (Å²) in [7, 11) is 3.41. The normalized spacial score (nSPS) is 12.8. The molecule has 0 saturated heterocycles. The van der Waals surface area contributed by atoms with Crippen molar-refractivity contribution in [2.75, 3.05) is 14.2 Å². The van der Waals surface area contributed by atoms with Gasteiger partial charge in [-0.05, 0) is 31.9 Å². The smallest absolute Gasteiger partial charge is 0.131 e. The van der Waals surface area contributed by atoms with Gasteiger partial charge in [0.25, 0.3) is 0 Å². The molecule has 0 aliphatic heterocycles. The summed E-state index contributed by atoms with van der Waals surface area (Å²) in [5, 5.41) is 3.17. The van der Waals surface area contributed by atoms with E-state index >= 15 is 0 Å². The van der Waals surface area contributed by atoms with Gasteiger partial charge in [0.15, 0.2) is 0 Å². The molecule has 3 heteroatoms. The van der Waals surface area contributed by atoms with Crippen LogP contribution in [0.25, 0.3) is 0 Å². The second-order valence-electron chi connectivity index (χ2n) is 4.70. The molecule has 17 heavy (non-hydrogen) atoms. The van der Waals surface area contributed by atoms with Crippen LogP contribution >= 0.6 is 0 Å². The van der Waals surface area contributed by atoms with Gasteiger partial charge in [0.2, 0.25) is 0 Å². The van der Waals surface area contributed by atoms with Crippen LogP contribution in [0.4, 0.5) is 4.39 Å². The molecule has 0 heterocycles. The maximum absolute atomic E-state index is 13.9. The number of benzene rings is 1. The lowest BCUT2D eigenvalue weighted by atomic mass is 9.97. The average molecular weight is 239 g/mol. The highest BCUT2D eigenvalue weighted by Gasteiger charge is 2.14. The fourth-order valence-corrected chi connectivity index (χ4v) is 1.87. The quantitative estimate of drug-likeness (QED) is 0.820. The van der Waals surface area contributed by atoms with Crippen LogP contribution in [0.2, 0.25) is 0 Å². The number of nitrogens with one attached hydrogen (secondary N) is 1. The first-order valence-electron chi connectivity index (χ1n) is 6.09. The Morgan fingerprint density at radius 2 is 2.00 bits per heavy atom. The Balaban J connectivity index is 2.80. The van der Waals surface area contributed by atoms with E-state index in [9.17, 15) is 4.39 Å². The molecule has 0 radical (unpaired) electrons. The van der Waals surface area contributed by atoms with Gasteiger partial charge < -0.3 is 10.1 Å². The molecular weight excluding hydrogens is 217 g/mol. The molecule has 96 valence electrons. The van der Waals surface area contributed by atoms with Crippen LogP contribution in [0.3, 0.4) is 0 Å². The van der Waals surface area contributed by atoms with E-state index in [-0.39, 0.29) is 11.9 Å². The summed E-state index contributed by atoms with van der Waals surface area (Å²) < 4.78 is 18.9. The standard InChI is InChI=1S/C14H22FNO/c1-10(2)5-8-14(16-3)12-7-6-11(17-4)9-13(12)15/h6-7,9-10,14,16H,5,8H2,1-4H3. The van der Waals surface area contributed by atoms with Gasteiger partial charge in [-0.2, -0.15) is 0 Å². The van der Waals surface area contributed by atoms with E-state index in [0.717, 1.165) is 12.8 Å². The molecule has 1 N–H and O–H groups in total. The first-order chi connectivity index (χ1) is 8.08. The van der Waals surface area contributed by atoms with E-state index in [1.807, 2.05) is 7.05 Å². The van der Waals surface area contributed by atoms with Crippen LogP contribution in [0.5, 0.6) is 5.75 Å². The van der Waals surface area contributed by atoms with Gasteiger partial charge in [0, 0.05) is 17.7 Å². The zero-order valence-electron chi connectivity index (χ0n) is 11.1. The van der Waals surface area contributed by atoms with Crippen molar-refractivity contribution in [3.63, 3.8) is 0 Å². The summed E-state index contributed by atoms with van der Waals surface area (Å²) in [5.74, 6) is 0.990. The lowest BCUT2D eigenvalue weighted by molar-refractivity contribution is 0.407. The summed E-state index contributed by atoms with van der Waals surface area (Å²) in [6.07, 6.45) is 2.02. The molecule has 0 fully saturated rings. The van der Waals surface area contributed by atoms with E-state index in [4.69, 9.17) is 4.74 Å². The van der Waals surface area contributed by atoms with E-state index < -0.39 is 0 Å². The Bertz CT molecular complexity index is 352. The van der Waals surface area contributed by atoms with Gasteiger partial charge in [-0.3, -0.25) is 0 Å². The highest BCUT2D eigenvalue weighted by molar-refractivity contribution is 5.30. The predicted octanol–water partition coefficient (Wildman–Crippen LogP) is 3.53. The molecule has 1 atom stereocenters. The lowest BCUT2D eigenvalue weighted by Crippen LogP contribution is -2.18. The summed E-state index contributed by atoms with van der Waals surface area (Å²) in [6.45, 7) is 4.36. The average Bonchev–Trinajstić information content (AvgIpc) is 2.31. The second-order valence-corrected chi connectivity index (χ2v) is 4.70. The Morgan fingerprint density at radius 3 is 2.47 bits per heavy atom. The first-order valence-corrected chi connectivity index (χ1v) is 6.09. The molecule has 2 nitrogen and oxygen atoms in total. The fraction of sp³-hybridized carbons (Fsp3) is 0.571. The molecule has 0 amide bonds. The van der Waals surface area contributed by atoms with Gasteiger partial charge in [-0.1, -0.05) is 19.9 Å². The maximum atomic E-state index is 13.9. The first kappa shape index (κ1) is 14.0. The Kier molecular flexibility index (Phi) is 5.42. The molecule has 1 unspecified atom stereocenters. The van der Waals surface area contributed by atoms with Gasteiger partial charge in [-0.15, -0.1) is 0 Å². The monoisotopic (exact) mass is 239 g/mol. The number of halogens is 1. The molecule has 1 aromatic carbocycles. The Morgan fingerprint density at radius 1 is 1.29 bits per heavy atom. The van der Waals surface area contributed by atoms with E-state index in [1.54, 1.807) is 19.2 Å². The van der Waals surface area contributed by atoms with Crippen molar-refractivity contribution in [2.24, 2.45) is 5.92 Å². The molecule has 0 spiro atoms. The zero-order valence-corrected chi connectivity index (χ0v) is 11.1. The van der Waals surface area contributed by atoms with Crippen LogP contribution in [0.15, 0.2) is 18.2 Å². The van der Waals surface area contributed by atoms with Crippen molar-refractivity contribution >= 4 is 0 Å². The molecule has 0 aliphatic rings. The van der Waals surface area contributed by atoms with Crippen LogP contribution in [0, 0.1) is 11.7 Å². The van der Waals surface area contributed by atoms with Crippen LogP contribution in [-0.4, -0.2) is 14.2 Å². The SMILES string of the molecule is CNC(CCC(C)C)c1ccc(OC)cc1F. The van der Waals surface area contributed by atoms with Gasteiger partial charge >= 0.3 is 0 Å². The third-order valence-corrected chi connectivity index (χ3v) is 2.96. The molecule has 1 rings (SSSR count). The van der Waals surface area contributed by atoms with Crippen LogP contribution in [-0.2, 0) is 0 Å². The minimum atomic E-state index is -0.201. The molecule has 0 bridgehead atoms. The minimum Gasteiger partial charge on any atom is -0.497 e. The van der Waals surface area contributed by atoms with Crippen molar-refractivity contribution in [1.29, 1.82) is 0 Å². The van der Waals surface area contributed by atoms with E-state index in [0.29, 0.717) is 17.2 Å². The molecule has 0 saturated carbocycles. The fourth-order valence-electron chi connectivity index (χ4n) is 1.87. The van der Waals surface area contributed by atoms with Crippen LogP contribution in [0.1, 0.15) is 38.3 Å². The van der Waals surface area contributed by atoms with Crippen molar-refractivity contribution in [3.8, 4) is 5.75 Å². The van der Waals surface area contributed by atoms with Gasteiger partial charge in [0.1, 0.15) is 11.6 Å². The lowest BCUT2D eigenvalue weighted by Gasteiger charge is -2.18. The zero-order chi connectivity index (χ0) is 12.8. The van der Waals surface area contributed by atoms with Crippen molar-refractivity contribution in [2.45, 2.75) is 32.7 Å². The Labute approximate surface area is 103 Å². The third kappa shape index (κ3) is 4.00. The van der Waals surface area contributed by atoms with Gasteiger partial charge in [-0.25, -0.2) is 4.39 Å². The summed E-state index contributed by atoms with van der Waals surface area (Å²) in [4.78, 5) is 0. The number of ether oxygens (including phenoxy) is 1. The van der Waals surface area contributed by atoms with Crippen molar-refractivity contribution in [1.82, 2.24) is 5.32 Å². The maximum Gasteiger partial charge on any atom is 0.131 e. The molecular formula is C14H22FNO. The summed E-state index contributed by atoms with van der Waals surface area (Å²) in [5.41, 5.74) is 0.717. The summed E-state index contributed by atoms with van der Waals surface area (Å²) >= 11 is 0. The second kappa shape index (κ2) is 6.60. The van der Waals surface area contributed by atoms with E-state index in [2.05, 4.69) is 19.2 Å². The van der Waals surface area contributed by atoms with Crippen LogP contribution < -0.4 is 10.1 Å². The third-order valence-electron chi connectivity index (χ3n) is 2.96. The molecule has 1 aromatic rings. The highest BCUT2D eigenvalue weighted by Crippen LogP contribution is 2.25. The highest BCUT2D eigenvalue weighted by atomic mass is 19.1. The topological polar surface area (TPSA) is 21.3 Å². The number of hydrogen-bond acceptors (Lipinski definition) is 2. The number of hydrogen-bond donors (Lipinski definition) is 1. The largest absolute Gasteiger partial charge is 0.497 e. The van der Waals surface area contributed by atoms with E-state index in [1.165, 1.54) is 6.07 Å². The predicted molar refractivity (Wildman–Crippen MR) is 68.8 cm³/mol. The van der Waals surface area contributed by atoms with Crippen molar-refractivity contribution in [3.05, 3.63) is 29.6 Å². The summed E-state index contributed by atoms with van der Waals surface area (Å²) in [6, 6.07) is 5.12. The molecule has 0 aliphatic carbocycles. The number of methoxy groups -OCH3 is 1. The van der Waals surface area contributed by atoms with Crippen molar-refractivity contribution < 1.29 is 9.13 Å². The Hall–Kier alpha value is -1.09.